The fourth-order valence-electron chi connectivity index (χ4n) is 1.70. The maximum Gasteiger partial charge on any atom is 0.328 e. The number of nitrogens with zero attached hydrogens (tertiary/aromatic N) is 1. The van der Waals surface area contributed by atoms with Crippen molar-refractivity contribution in [2.45, 2.75) is 13.8 Å². The second-order valence-electron chi connectivity index (χ2n) is 4.71. The molecule has 5 heteroatoms. The molecule has 1 saturated heterocycles. The minimum atomic E-state index is -0.559. The van der Waals surface area contributed by atoms with Crippen molar-refractivity contribution < 1.29 is 9.59 Å². The molecule has 0 atom stereocenters. The molecule has 90 valence electrons. The number of urea groups is 1. The number of hydrogen-bond donors (Lipinski definition) is 1. The molecule has 17 heavy (non-hydrogen) atoms. The third kappa shape index (κ3) is 2.43. The van der Waals surface area contributed by atoms with Crippen LogP contribution in [0, 0.1) is 8.99 Å². The first-order chi connectivity index (χ1) is 7.90. The van der Waals surface area contributed by atoms with Gasteiger partial charge in [0, 0.05) is 15.8 Å². The maximum atomic E-state index is 11.8. The van der Waals surface area contributed by atoms with Gasteiger partial charge in [0.25, 0.3) is 0 Å². The van der Waals surface area contributed by atoms with Gasteiger partial charge in [-0.25, -0.2) is 4.79 Å². The molecule has 1 aromatic carbocycles. The molecule has 0 radical (unpaired) electrons. The average molecular weight is 344 g/mol. The van der Waals surface area contributed by atoms with Crippen molar-refractivity contribution in [3.05, 3.63) is 27.8 Å². The summed E-state index contributed by atoms with van der Waals surface area (Å²) in [5.74, 6) is -0.218. The van der Waals surface area contributed by atoms with Gasteiger partial charge in [0.05, 0.1) is 5.41 Å². The number of carbonyl (C=O) groups excluding carboxylic acids is 2. The van der Waals surface area contributed by atoms with Crippen LogP contribution < -0.4 is 10.2 Å². The summed E-state index contributed by atoms with van der Waals surface area (Å²) < 4.78 is 1.11. The summed E-state index contributed by atoms with van der Waals surface area (Å²) in [5.41, 5.74) is 0.250. The summed E-state index contributed by atoms with van der Waals surface area (Å²) in [6.07, 6.45) is 0. The second kappa shape index (κ2) is 4.29. The average Bonchev–Trinajstić information content (AvgIpc) is 2.25. The van der Waals surface area contributed by atoms with Crippen LogP contribution in [0.15, 0.2) is 24.3 Å². The number of halogens is 1. The molecule has 0 aliphatic carbocycles. The van der Waals surface area contributed by atoms with E-state index in [9.17, 15) is 9.59 Å². The number of benzene rings is 1. The largest absolute Gasteiger partial charge is 0.328 e. The topological polar surface area (TPSA) is 49.4 Å². The Morgan fingerprint density at radius 3 is 2.41 bits per heavy atom. The van der Waals surface area contributed by atoms with E-state index < -0.39 is 5.41 Å². The number of hydrogen-bond acceptors (Lipinski definition) is 2. The van der Waals surface area contributed by atoms with Crippen LogP contribution in [0.3, 0.4) is 0 Å². The normalized spacial score (nSPS) is 19.1. The summed E-state index contributed by atoms with van der Waals surface area (Å²) >= 11 is 2.21. The Balaban J connectivity index is 2.29. The first kappa shape index (κ1) is 12.3. The molecule has 1 aliphatic heterocycles. The fraction of sp³-hybridized carbons (Fsp3) is 0.333. The first-order valence-electron chi connectivity index (χ1n) is 5.29. The van der Waals surface area contributed by atoms with Gasteiger partial charge in [0.2, 0.25) is 5.91 Å². The number of anilines is 1. The smallest absolute Gasteiger partial charge is 0.293 e. The summed E-state index contributed by atoms with van der Waals surface area (Å²) in [4.78, 5) is 25.0. The fourth-order valence-corrected chi connectivity index (χ4v) is 2.06. The van der Waals surface area contributed by atoms with Gasteiger partial charge in [-0.1, -0.05) is 0 Å². The number of carbonyl (C=O) groups is 2. The predicted molar refractivity (Wildman–Crippen MR) is 73.8 cm³/mol. The lowest BCUT2D eigenvalue weighted by molar-refractivity contribution is -0.128. The van der Waals surface area contributed by atoms with E-state index in [4.69, 9.17) is 0 Å². The highest BCUT2D eigenvalue weighted by atomic mass is 127. The quantitative estimate of drug-likeness (QED) is 0.796. The summed E-state index contributed by atoms with van der Waals surface area (Å²) in [6, 6.07) is 7.29. The van der Waals surface area contributed by atoms with E-state index in [1.54, 1.807) is 4.90 Å². The van der Waals surface area contributed by atoms with E-state index in [0.717, 1.165) is 9.26 Å². The molecule has 0 saturated carbocycles. The zero-order chi connectivity index (χ0) is 12.6. The Kier molecular flexibility index (Phi) is 3.11. The van der Waals surface area contributed by atoms with Crippen LogP contribution in [0.25, 0.3) is 0 Å². The van der Waals surface area contributed by atoms with Crippen LogP contribution in [0.4, 0.5) is 10.5 Å². The lowest BCUT2D eigenvalue weighted by atomic mass is 9.90. The Hall–Kier alpha value is -1.11. The third-order valence-electron chi connectivity index (χ3n) is 2.77. The summed E-state index contributed by atoms with van der Waals surface area (Å²) in [7, 11) is 0. The van der Waals surface area contributed by atoms with Gasteiger partial charge < -0.3 is 0 Å². The van der Waals surface area contributed by atoms with E-state index in [2.05, 4.69) is 27.9 Å². The van der Waals surface area contributed by atoms with Crippen LogP contribution in [-0.2, 0) is 4.79 Å². The van der Waals surface area contributed by atoms with Gasteiger partial charge in [-0.05, 0) is 60.7 Å². The molecule has 2 rings (SSSR count). The van der Waals surface area contributed by atoms with Crippen molar-refractivity contribution in [1.82, 2.24) is 5.32 Å². The molecule has 0 unspecified atom stereocenters. The first-order valence-corrected chi connectivity index (χ1v) is 6.36. The molecule has 1 aromatic rings. The van der Waals surface area contributed by atoms with Crippen LogP contribution in [0.5, 0.6) is 0 Å². The van der Waals surface area contributed by atoms with Crippen LogP contribution >= 0.6 is 22.6 Å². The molecule has 1 aliphatic rings. The van der Waals surface area contributed by atoms with E-state index in [1.807, 2.05) is 38.1 Å². The van der Waals surface area contributed by atoms with Crippen LogP contribution in [-0.4, -0.2) is 18.5 Å². The molecule has 1 fully saturated rings. The molecule has 0 aromatic heterocycles. The molecule has 3 amide bonds. The van der Waals surface area contributed by atoms with E-state index >= 15 is 0 Å². The zero-order valence-electron chi connectivity index (χ0n) is 9.66. The Bertz CT molecular complexity index is 468. The highest BCUT2D eigenvalue weighted by Gasteiger charge is 2.38. The SMILES string of the molecule is CC1(C)CN(c2ccc(I)cc2)C(=O)NC1=O. The highest BCUT2D eigenvalue weighted by molar-refractivity contribution is 14.1. The second-order valence-corrected chi connectivity index (χ2v) is 5.95. The summed E-state index contributed by atoms with van der Waals surface area (Å²) in [6.45, 7) is 4.06. The summed E-state index contributed by atoms with van der Waals surface area (Å²) in [5, 5.41) is 2.38. The van der Waals surface area contributed by atoms with Gasteiger partial charge in [-0.15, -0.1) is 0 Å². The standard InChI is InChI=1S/C12H13IN2O2/c1-12(2)7-15(11(17)14-10(12)16)9-5-3-8(13)4-6-9/h3-6H,7H2,1-2H3,(H,14,16,17). The third-order valence-corrected chi connectivity index (χ3v) is 3.49. The van der Waals surface area contributed by atoms with Gasteiger partial charge in [0.1, 0.15) is 0 Å². The van der Waals surface area contributed by atoms with E-state index in [0.29, 0.717) is 6.54 Å². The van der Waals surface area contributed by atoms with Crippen LogP contribution in [0.2, 0.25) is 0 Å². The molecular weight excluding hydrogens is 331 g/mol. The van der Waals surface area contributed by atoms with Gasteiger partial charge in [-0.3, -0.25) is 15.0 Å². The Labute approximate surface area is 114 Å². The van der Waals surface area contributed by atoms with E-state index in [-0.39, 0.29) is 11.9 Å². The maximum absolute atomic E-state index is 11.8. The minimum absolute atomic E-state index is 0.218. The zero-order valence-corrected chi connectivity index (χ0v) is 11.8. The van der Waals surface area contributed by atoms with Crippen molar-refractivity contribution in [3.8, 4) is 0 Å². The molecule has 1 N–H and O–H groups in total. The molecule has 0 bridgehead atoms. The van der Waals surface area contributed by atoms with Crippen molar-refractivity contribution in [2.75, 3.05) is 11.4 Å². The van der Waals surface area contributed by atoms with E-state index in [1.165, 1.54) is 0 Å². The van der Waals surface area contributed by atoms with Crippen LogP contribution in [0.1, 0.15) is 13.8 Å². The van der Waals surface area contributed by atoms with Crippen molar-refractivity contribution >= 4 is 40.2 Å². The van der Waals surface area contributed by atoms with Gasteiger partial charge >= 0.3 is 6.03 Å². The van der Waals surface area contributed by atoms with Gasteiger partial charge in [-0.2, -0.15) is 0 Å². The number of nitrogens with one attached hydrogen (secondary N) is 1. The number of imide groups is 1. The van der Waals surface area contributed by atoms with Crippen molar-refractivity contribution in [1.29, 1.82) is 0 Å². The molecular formula is C12H13IN2O2. The monoisotopic (exact) mass is 344 g/mol. The lowest BCUT2D eigenvalue weighted by Gasteiger charge is -2.36. The minimum Gasteiger partial charge on any atom is -0.293 e. The molecule has 1 heterocycles. The molecule has 4 nitrogen and oxygen atoms in total. The molecule has 0 spiro atoms. The van der Waals surface area contributed by atoms with Gasteiger partial charge in [0.15, 0.2) is 0 Å². The Morgan fingerprint density at radius 2 is 1.82 bits per heavy atom. The predicted octanol–water partition coefficient (Wildman–Crippen LogP) is 2.37. The number of rotatable bonds is 1. The lowest BCUT2D eigenvalue weighted by Crippen LogP contribution is -2.58. The highest BCUT2D eigenvalue weighted by Crippen LogP contribution is 2.26. The van der Waals surface area contributed by atoms with Crippen molar-refractivity contribution in [2.24, 2.45) is 5.41 Å². The van der Waals surface area contributed by atoms with Crippen molar-refractivity contribution in [3.63, 3.8) is 0 Å². The number of amides is 3. The Morgan fingerprint density at radius 1 is 1.24 bits per heavy atom.